The summed E-state index contributed by atoms with van der Waals surface area (Å²) in [6, 6.07) is -0.638. The second-order valence-electron chi connectivity index (χ2n) is 22.8. The Balaban J connectivity index is 3.50. The van der Waals surface area contributed by atoms with E-state index in [4.69, 9.17) is 4.74 Å². The first-order valence-corrected chi connectivity index (χ1v) is 33.4. The van der Waals surface area contributed by atoms with Crippen LogP contribution >= 0.6 is 0 Å². The molecule has 0 saturated heterocycles. The van der Waals surface area contributed by atoms with Crippen LogP contribution in [-0.4, -0.2) is 47.4 Å². The van der Waals surface area contributed by atoms with Crippen molar-refractivity contribution in [1.29, 1.82) is 0 Å². The Labute approximate surface area is 467 Å². The highest BCUT2D eigenvalue weighted by atomic mass is 16.5. The van der Waals surface area contributed by atoms with Crippen LogP contribution in [0.2, 0.25) is 0 Å². The first-order chi connectivity index (χ1) is 37.0. The average Bonchev–Trinajstić information content (AvgIpc) is 3.41. The molecule has 440 valence electrons. The predicted octanol–water partition coefficient (Wildman–Crippen LogP) is 21.3. The summed E-state index contributed by atoms with van der Waals surface area (Å²) in [5.41, 5.74) is 0. The highest BCUT2D eigenvalue weighted by molar-refractivity contribution is 5.76. The summed E-state index contributed by atoms with van der Waals surface area (Å²) in [4.78, 5) is 24.6. The van der Waals surface area contributed by atoms with Crippen LogP contribution in [0.4, 0.5) is 0 Å². The van der Waals surface area contributed by atoms with Crippen molar-refractivity contribution in [2.24, 2.45) is 0 Å². The third-order valence-electron chi connectivity index (χ3n) is 15.3. The van der Waals surface area contributed by atoms with E-state index in [2.05, 4.69) is 55.6 Å². The van der Waals surface area contributed by atoms with Crippen molar-refractivity contribution in [3.8, 4) is 0 Å². The van der Waals surface area contributed by atoms with Gasteiger partial charge in [-0.05, 0) is 89.9 Å². The predicted molar refractivity (Wildman–Crippen MR) is 329 cm³/mol. The number of hydrogen-bond acceptors (Lipinski definition) is 5. The number of carbonyl (C=O) groups excluding carboxylic acids is 2. The zero-order chi connectivity index (χ0) is 54.3. The largest absolute Gasteiger partial charge is 0.466 e. The molecular formula is C69H129NO5. The van der Waals surface area contributed by atoms with Gasteiger partial charge in [-0.1, -0.05) is 300 Å². The Morgan fingerprint density at radius 2 is 0.667 bits per heavy atom. The molecule has 2 atom stereocenters. The lowest BCUT2D eigenvalue weighted by Crippen LogP contribution is -2.45. The number of amides is 1. The number of unbranched alkanes of at least 4 members (excludes halogenated alkanes) is 46. The fourth-order valence-corrected chi connectivity index (χ4v) is 10.2. The smallest absolute Gasteiger partial charge is 0.305 e. The molecule has 3 N–H and O–H groups in total. The topological polar surface area (TPSA) is 95.9 Å². The second kappa shape index (κ2) is 64.3. The lowest BCUT2D eigenvalue weighted by Gasteiger charge is -2.20. The quantitative estimate of drug-likeness (QED) is 0.0244. The van der Waals surface area contributed by atoms with E-state index in [0.717, 1.165) is 77.0 Å². The Morgan fingerprint density at radius 3 is 1.03 bits per heavy atom. The summed E-state index contributed by atoms with van der Waals surface area (Å²) in [7, 11) is 0. The number of nitrogens with one attached hydrogen (secondary N) is 1. The number of carbonyl (C=O) groups is 2. The first-order valence-electron chi connectivity index (χ1n) is 33.4. The number of esters is 1. The molecule has 6 nitrogen and oxygen atoms in total. The lowest BCUT2D eigenvalue weighted by atomic mass is 10.0. The normalized spacial score (nSPS) is 12.9. The lowest BCUT2D eigenvalue weighted by molar-refractivity contribution is -0.143. The van der Waals surface area contributed by atoms with Gasteiger partial charge in [0.05, 0.1) is 25.4 Å². The maximum atomic E-state index is 12.5. The molecule has 0 aromatic rings. The molecule has 0 aliphatic rings. The van der Waals surface area contributed by atoms with Gasteiger partial charge in [0.1, 0.15) is 0 Å². The standard InChI is InChI=1S/C69H129NO5/c1-3-5-7-9-11-13-15-17-19-20-21-22-23-24-25-27-30-34-37-41-45-49-53-57-61-67(72)66(65-71)70-68(73)62-58-54-50-46-42-38-35-31-28-26-29-32-36-40-44-48-52-56-60-64-75-69(74)63-59-55-51-47-43-39-33-18-16-14-12-10-8-6-4-2/h18,32-33,36,40,44,57,61,66-67,71-72H,3-17,19-31,34-35,37-39,41-43,45-56,58-60,62-65H2,1-2H3,(H,70,73)/b33-18-,36-32-,44-40-,61-57+. The number of aliphatic hydroxyl groups is 2. The molecule has 0 bridgehead atoms. The van der Waals surface area contributed by atoms with Gasteiger partial charge in [-0.3, -0.25) is 9.59 Å². The van der Waals surface area contributed by atoms with Crippen LogP contribution in [0, 0.1) is 0 Å². The third-order valence-corrected chi connectivity index (χ3v) is 15.3. The van der Waals surface area contributed by atoms with Gasteiger partial charge in [0, 0.05) is 12.8 Å². The molecule has 0 heterocycles. The molecule has 0 aliphatic heterocycles. The SMILES string of the molecule is CCCCCCCC/C=C\CCCCCCCC(=O)OCCCCC/C=C\C=C/CCCCCCCCCCCCC(=O)NC(CO)C(O)/C=C/CCCCCCCCCCCCCCCCCCCCCCCC. The number of ether oxygens (including phenoxy) is 1. The molecular weight excluding hydrogens is 923 g/mol. The van der Waals surface area contributed by atoms with Crippen molar-refractivity contribution < 1.29 is 24.5 Å². The van der Waals surface area contributed by atoms with Crippen LogP contribution < -0.4 is 5.32 Å². The van der Waals surface area contributed by atoms with Gasteiger partial charge in [0.2, 0.25) is 5.91 Å². The van der Waals surface area contributed by atoms with Crippen LogP contribution in [0.25, 0.3) is 0 Å². The van der Waals surface area contributed by atoms with Crippen LogP contribution in [0.1, 0.15) is 354 Å². The van der Waals surface area contributed by atoms with Gasteiger partial charge in [0.15, 0.2) is 0 Å². The molecule has 0 aliphatic carbocycles. The van der Waals surface area contributed by atoms with Crippen LogP contribution in [0.5, 0.6) is 0 Å². The Morgan fingerprint density at radius 1 is 0.373 bits per heavy atom. The van der Waals surface area contributed by atoms with Crippen molar-refractivity contribution in [1.82, 2.24) is 5.32 Å². The molecule has 75 heavy (non-hydrogen) atoms. The summed E-state index contributed by atoms with van der Waals surface area (Å²) < 4.78 is 5.46. The van der Waals surface area contributed by atoms with E-state index in [0.29, 0.717) is 19.4 Å². The number of hydrogen-bond donors (Lipinski definition) is 3. The van der Waals surface area contributed by atoms with E-state index in [1.54, 1.807) is 6.08 Å². The van der Waals surface area contributed by atoms with Gasteiger partial charge in [0.25, 0.3) is 0 Å². The highest BCUT2D eigenvalue weighted by Gasteiger charge is 2.18. The van der Waals surface area contributed by atoms with E-state index < -0.39 is 12.1 Å². The molecule has 0 aromatic carbocycles. The van der Waals surface area contributed by atoms with Crippen LogP contribution in [0.15, 0.2) is 48.6 Å². The van der Waals surface area contributed by atoms with Crippen LogP contribution in [-0.2, 0) is 14.3 Å². The van der Waals surface area contributed by atoms with Crippen molar-refractivity contribution in [2.75, 3.05) is 13.2 Å². The Hall–Kier alpha value is -2.18. The number of aliphatic hydroxyl groups excluding tert-OH is 2. The van der Waals surface area contributed by atoms with Crippen molar-refractivity contribution >= 4 is 11.9 Å². The van der Waals surface area contributed by atoms with Crippen LogP contribution in [0.3, 0.4) is 0 Å². The molecule has 0 spiro atoms. The van der Waals surface area contributed by atoms with Gasteiger partial charge in [-0.2, -0.15) is 0 Å². The van der Waals surface area contributed by atoms with E-state index >= 15 is 0 Å². The summed E-state index contributed by atoms with van der Waals surface area (Å²) in [6.07, 6.45) is 83.1. The maximum Gasteiger partial charge on any atom is 0.305 e. The highest BCUT2D eigenvalue weighted by Crippen LogP contribution is 2.17. The number of allylic oxidation sites excluding steroid dienone is 7. The fraction of sp³-hybridized carbons (Fsp3) is 0.855. The first kappa shape index (κ1) is 72.8. The molecule has 0 radical (unpaired) electrons. The van der Waals surface area contributed by atoms with Gasteiger partial charge in [-0.15, -0.1) is 0 Å². The summed E-state index contributed by atoms with van der Waals surface area (Å²) in [6.45, 7) is 4.88. The van der Waals surface area contributed by atoms with E-state index in [-0.39, 0.29) is 18.5 Å². The van der Waals surface area contributed by atoms with E-state index in [1.807, 2.05) is 6.08 Å². The van der Waals surface area contributed by atoms with Gasteiger partial charge >= 0.3 is 5.97 Å². The zero-order valence-electron chi connectivity index (χ0n) is 50.3. The minimum Gasteiger partial charge on any atom is -0.466 e. The molecule has 0 saturated carbocycles. The van der Waals surface area contributed by atoms with Crippen molar-refractivity contribution in [2.45, 2.75) is 366 Å². The zero-order valence-corrected chi connectivity index (χ0v) is 50.3. The summed E-state index contributed by atoms with van der Waals surface area (Å²) in [5, 5.41) is 23.2. The number of rotatable bonds is 62. The van der Waals surface area contributed by atoms with E-state index in [1.165, 1.54) is 250 Å². The van der Waals surface area contributed by atoms with E-state index in [9.17, 15) is 19.8 Å². The van der Waals surface area contributed by atoms with Gasteiger partial charge in [-0.25, -0.2) is 0 Å². The maximum absolute atomic E-state index is 12.5. The Bertz CT molecular complexity index is 1260. The van der Waals surface area contributed by atoms with Crippen molar-refractivity contribution in [3.63, 3.8) is 0 Å². The Kier molecular flexibility index (Phi) is 62.5. The molecule has 0 rings (SSSR count). The molecule has 1 amide bonds. The second-order valence-corrected chi connectivity index (χ2v) is 22.8. The van der Waals surface area contributed by atoms with Gasteiger partial charge < -0.3 is 20.3 Å². The monoisotopic (exact) mass is 1050 g/mol. The average molecular weight is 1050 g/mol. The fourth-order valence-electron chi connectivity index (χ4n) is 10.2. The summed E-state index contributed by atoms with van der Waals surface area (Å²) in [5.74, 6) is -0.0971. The third kappa shape index (κ3) is 60.9. The minimum absolute atomic E-state index is 0.0218. The minimum atomic E-state index is -0.854. The molecule has 0 fully saturated rings. The van der Waals surface area contributed by atoms with Crippen molar-refractivity contribution in [3.05, 3.63) is 48.6 Å². The summed E-state index contributed by atoms with van der Waals surface area (Å²) >= 11 is 0. The molecule has 6 heteroatoms. The molecule has 2 unspecified atom stereocenters. The molecule has 0 aromatic heterocycles.